The fraction of sp³-hybridized carbons (Fsp3) is 0.917. The third kappa shape index (κ3) is 20.0. The summed E-state index contributed by atoms with van der Waals surface area (Å²) in [7, 11) is 0. The molecule has 5 nitrogen and oxygen atoms in total. The van der Waals surface area contributed by atoms with Crippen LogP contribution in [0.2, 0.25) is 0 Å². The van der Waals surface area contributed by atoms with Crippen molar-refractivity contribution in [2.75, 3.05) is 13.2 Å². The van der Waals surface area contributed by atoms with Crippen LogP contribution in [-0.2, 0) is 14.3 Å². The Morgan fingerprint density at radius 2 is 1.17 bits per heavy atom. The maximum Gasteiger partial charge on any atom is 0.321 e. The van der Waals surface area contributed by atoms with Gasteiger partial charge in [-0.3, -0.25) is 9.59 Å². The summed E-state index contributed by atoms with van der Waals surface area (Å²) >= 11 is 0. The van der Waals surface area contributed by atoms with Gasteiger partial charge in [-0.25, -0.2) is 0 Å². The molecule has 2 N–H and O–H groups in total. The van der Waals surface area contributed by atoms with Crippen molar-refractivity contribution in [3.05, 3.63) is 0 Å². The maximum atomic E-state index is 11.9. The van der Waals surface area contributed by atoms with Gasteiger partial charge in [-0.2, -0.15) is 0 Å². The lowest BCUT2D eigenvalue weighted by Crippen LogP contribution is -2.39. The van der Waals surface area contributed by atoms with Gasteiger partial charge in [0, 0.05) is 0 Å². The molecule has 1 atom stereocenters. The molecule has 0 aromatic carbocycles. The first-order chi connectivity index (χ1) is 14.1. The van der Waals surface area contributed by atoms with Crippen LogP contribution in [0.5, 0.6) is 0 Å². The molecule has 172 valence electrons. The standard InChI is InChI=1S/C24H47NO4/c1-3-5-7-9-11-12-13-15-17-19-25-22(24(27)28)21-23(26)29-20-18-16-14-10-8-6-4-2/h22,25H,3-21H2,1-2H3,(H,27,28). The highest BCUT2D eigenvalue weighted by Crippen LogP contribution is 2.10. The van der Waals surface area contributed by atoms with Crippen LogP contribution in [0.1, 0.15) is 123 Å². The average Bonchev–Trinajstić information content (AvgIpc) is 2.70. The number of carboxylic acid groups (broad SMARTS) is 1. The van der Waals surface area contributed by atoms with Crippen LogP contribution in [0.15, 0.2) is 0 Å². The van der Waals surface area contributed by atoms with Gasteiger partial charge in [-0.1, -0.05) is 104 Å². The first-order valence-corrected chi connectivity index (χ1v) is 12.2. The molecule has 0 aromatic rings. The number of hydrogen-bond donors (Lipinski definition) is 2. The van der Waals surface area contributed by atoms with E-state index in [9.17, 15) is 14.7 Å². The molecule has 0 radical (unpaired) electrons. The van der Waals surface area contributed by atoms with E-state index in [2.05, 4.69) is 19.2 Å². The molecule has 29 heavy (non-hydrogen) atoms. The van der Waals surface area contributed by atoms with Crippen molar-refractivity contribution in [3.63, 3.8) is 0 Å². The van der Waals surface area contributed by atoms with Crippen molar-refractivity contribution in [3.8, 4) is 0 Å². The van der Waals surface area contributed by atoms with E-state index in [1.54, 1.807) is 0 Å². The Bertz CT molecular complexity index is 387. The summed E-state index contributed by atoms with van der Waals surface area (Å²) in [5, 5.41) is 12.3. The van der Waals surface area contributed by atoms with Crippen molar-refractivity contribution in [2.45, 2.75) is 129 Å². The lowest BCUT2D eigenvalue weighted by Gasteiger charge is -2.14. The summed E-state index contributed by atoms with van der Waals surface area (Å²) in [6.45, 7) is 5.47. The number of carboxylic acids is 1. The first kappa shape index (κ1) is 27.9. The van der Waals surface area contributed by atoms with Gasteiger partial charge in [0.2, 0.25) is 0 Å². The Labute approximate surface area is 179 Å². The van der Waals surface area contributed by atoms with Crippen LogP contribution in [0.4, 0.5) is 0 Å². The summed E-state index contributed by atoms with van der Waals surface area (Å²) in [4.78, 5) is 23.2. The van der Waals surface area contributed by atoms with Gasteiger partial charge in [0.25, 0.3) is 0 Å². The lowest BCUT2D eigenvalue weighted by molar-refractivity contribution is -0.149. The van der Waals surface area contributed by atoms with Crippen molar-refractivity contribution < 1.29 is 19.4 Å². The zero-order valence-corrected chi connectivity index (χ0v) is 19.2. The van der Waals surface area contributed by atoms with Gasteiger partial charge in [-0.05, 0) is 19.4 Å². The molecule has 0 saturated heterocycles. The Hall–Kier alpha value is -1.10. The second-order valence-electron chi connectivity index (χ2n) is 8.22. The topological polar surface area (TPSA) is 75.6 Å². The summed E-state index contributed by atoms with van der Waals surface area (Å²) in [6.07, 6.45) is 19.2. The second-order valence-corrected chi connectivity index (χ2v) is 8.22. The molecule has 0 bridgehead atoms. The summed E-state index contributed by atoms with van der Waals surface area (Å²) < 4.78 is 5.21. The molecule has 0 heterocycles. The Morgan fingerprint density at radius 1 is 0.724 bits per heavy atom. The van der Waals surface area contributed by atoms with Gasteiger partial charge >= 0.3 is 11.9 Å². The average molecular weight is 414 g/mol. The summed E-state index contributed by atoms with van der Waals surface area (Å²) in [5.74, 6) is -1.39. The lowest BCUT2D eigenvalue weighted by atomic mass is 10.1. The number of hydrogen-bond acceptors (Lipinski definition) is 4. The van der Waals surface area contributed by atoms with Gasteiger partial charge in [0.05, 0.1) is 13.0 Å². The molecule has 5 heteroatoms. The minimum atomic E-state index is -0.978. The minimum absolute atomic E-state index is 0.0940. The van der Waals surface area contributed by atoms with Crippen LogP contribution >= 0.6 is 0 Å². The molecule has 0 spiro atoms. The number of unbranched alkanes of at least 4 members (excludes halogenated alkanes) is 14. The third-order valence-electron chi connectivity index (χ3n) is 5.35. The third-order valence-corrected chi connectivity index (χ3v) is 5.35. The van der Waals surface area contributed by atoms with E-state index >= 15 is 0 Å². The highest BCUT2D eigenvalue weighted by atomic mass is 16.5. The number of ether oxygens (including phenoxy) is 1. The quantitative estimate of drug-likeness (QED) is 0.162. The van der Waals surface area contributed by atoms with Crippen LogP contribution in [0.3, 0.4) is 0 Å². The van der Waals surface area contributed by atoms with Gasteiger partial charge in [0.1, 0.15) is 6.04 Å². The molecule has 0 fully saturated rings. The Kier molecular flexibility index (Phi) is 20.8. The van der Waals surface area contributed by atoms with E-state index in [1.165, 1.54) is 77.0 Å². The van der Waals surface area contributed by atoms with Gasteiger partial charge < -0.3 is 15.2 Å². The fourth-order valence-electron chi connectivity index (χ4n) is 3.43. The second kappa shape index (κ2) is 21.6. The van der Waals surface area contributed by atoms with Gasteiger partial charge in [0.15, 0.2) is 0 Å². The molecule has 0 aliphatic heterocycles. The Balaban J connectivity index is 3.65. The molecule has 0 aromatic heterocycles. The van der Waals surface area contributed by atoms with Crippen molar-refractivity contribution in [1.29, 1.82) is 0 Å². The smallest absolute Gasteiger partial charge is 0.321 e. The van der Waals surface area contributed by atoms with Gasteiger partial charge in [-0.15, -0.1) is 0 Å². The summed E-state index contributed by atoms with van der Waals surface area (Å²) in [6, 6.07) is -0.842. The number of carbonyl (C=O) groups is 2. The molecule has 1 unspecified atom stereocenters. The zero-order chi connectivity index (χ0) is 21.6. The number of aliphatic carboxylic acids is 1. The summed E-state index contributed by atoms with van der Waals surface area (Å²) in [5.41, 5.74) is 0. The molecule has 0 aliphatic carbocycles. The molecule has 0 amide bonds. The highest BCUT2D eigenvalue weighted by Gasteiger charge is 2.21. The minimum Gasteiger partial charge on any atom is -0.480 e. The van der Waals surface area contributed by atoms with E-state index in [0.717, 1.165) is 25.7 Å². The molecule has 0 rings (SSSR count). The molecular weight excluding hydrogens is 366 g/mol. The molecule has 0 saturated carbocycles. The fourth-order valence-corrected chi connectivity index (χ4v) is 3.43. The monoisotopic (exact) mass is 413 g/mol. The number of nitrogens with one attached hydrogen (secondary N) is 1. The largest absolute Gasteiger partial charge is 0.480 e. The SMILES string of the molecule is CCCCCCCCCCCNC(CC(=O)OCCCCCCCCC)C(=O)O. The van der Waals surface area contributed by atoms with Crippen molar-refractivity contribution in [2.24, 2.45) is 0 Å². The zero-order valence-electron chi connectivity index (χ0n) is 19.2. The van der Waals surface area contributed by atoms with Crippen LogP contribution in [0, 0.1) is 0 Å². The predicted molar refractivity (Wildman–Crippen MR) is 120 cm³/mol. The highest BCUT2D eigenvalue weighted by molar-refractivity contribution is 5.81. The predicted octanol–water partition coefficient (Wildman–Crippen LogP) is 6.24. The van der Waals surface area contributed by atoms with E-state index in [0.29, 0.717) is 13.2 Å². The van der Waals surface area contributed by atoms with E-state index in [4.69, 9.17) is 4.74 Å². The molecule has 0 aliphatic rings. The maximum absolute atomic E-state index is 11.9. The van der Waals surface area contributed by atoms with Crippen LogP contribution < -0.4 is 5.32 Å². The van der Waals surface area contributed by atoms with E-state index in [-0.39, 0.29) is 6.42 Å². The Morgan fingerprint density at radius 3 is 1.66 bits per heavy atom. The van der Waals surface area contributed by atoms with Crippen molar-refractivity contribution >= 4 is 11.9 Å². The van der Waals surface area contributed by atoms with E-state index in [1.807, 2.05) is 0 Å². The molecular formula is C24H47NO4. The normalized spacial score (nSPS) is 12.1. The number of carbonyl (C=O) groups excluding carboxylic acids is 1. The number of esters is 1. The van der Waals surface area contributed by atoms with Crippen LogP contribution in [-0.4, -0.2) is 36.2 Å². The van der Waals surface area contributed by atoms with Crippen LogP contribution in [0.25, 0.3) is 0 Å². The number of rotatable bonds is 22. The van der Waals surface area contributed by atoms with Crippen molar-refractivity contribution in [1.82, 2.24) is 5.32 Å². The van der Waals surface area contributed by atoms with E-state index < -0.39 is 18.0 Å². The first-order valence-electron chi connectivity index (χ1n) is 12.2.